The number of hydrogen-bond acceptors (Lipinski definition) is 5. The smallest absolute Gasteiger partial charge is 0.191 e. The molecule has 1 aromatic rings. The Labute approximate surface area is 204 Å². The molecule has 0 atom stereocenters. The van der Waals surface area contributed by atoms with Crippen molar-refractivity contribution < 1.29 is 14.2 Å². The Morgan fingerprint density at radius 3 is 2.52 bits per heavy atom. The van der Waals surface area contributed by atoms with Gasteiger partial charge >= 0.3 is 0 Å². The van der Waals surface area contributed by atoms with Crippen LogP contribution < -0.4 is 10.6 Å². The van der Waals surface area contributed by atoms with E-state index in [0.29, 0.717) is 12.6 Å². The van der Waals surface area contributed by atoms with Crippen molar-refractivity contribution in [2.75, 3.05) is 59.2 Å². The van der Waals surface area contributed by atoms with E-state index in [1.165, 1.54) is 11.1 Å². The molecule has 176 valence electrons. The maximum absolute atomic E-state index is 5.95. The molecule has 2 aliphatic rings. The number of halogens is 1. The molecule has 0 unspecified atom stereocenters. The van der Waals surface area contributed by atoms with Gasteiger partial charge in [0, 0.05) is 52.5 Å². The van der Waals surface area contributed by atoms with Crippen LogP contribution in [0.2, 0.25) is 0 Å². The predicted octanol–water partition coefficient (Wildman–Crippen LogP) is 2.78. The van der Waals surface area contributed by atoms with E-state index in [0.717, 1.165) is 91.0 Å². The molecule has 2 saturated heterocycles. The Bertz CT molecular complexity index is 635. The second-order valence-corrected chi connectivity index (χ2v) is 7.82. The molecule has 0 aromatic heterocycles. The van der Waals surface area contributed by atoms with Crippen molar-refractivity contribution in [3.8, 4) is 0 Å². The first kappa shape index (κ1) is 26.3. The minimum absolute atomic E-state index is 0. The van der Waals surface area contributed by atoms with Gasteiger partial charge in [-0.05, 0) is 37.3 Å². The Morgan fingerprint density at radius 1 is 1.06 bits per heavy atom. The molecule has 2 fully saturated rings. The lowest BCUT2D eigenvalue weighted by Crippen LogP contribution is -2.38. The average molecular weight is 546 g/mol. The van der Waals surface area contributed by atoms with Crippen molar-refractivity contribution in [2.24, 2.45) is 4.99 Å². The molecule has 2 aliphatic heterocycles. The van der Waals surface area contributed by atoms with Crippen LogP contribution in [-0.2, 0) is 27.3 Å². The summed E-state index contributed by atoms with van der Waals surface area (Å²) in [6, 6.07) is 8.62. The number of aliphatic imine (C=N–C) groups is 1. The topological polar surface area (TPSA) is 67.4 Å². The molecule has 8 heteroatoms. The molecule has 31 heavy (non-hydrogen) atoms. The average Bonchev–Trinajstić information content (AvgIpc) is 2.79. The highest BCUT2D eigenvalue weighted by atomic mass is 127. The van der Waals surface area contributed by atoms with Crippen molar-refractivity contribution in [1.82, 2.24) is 15.5 Å². The SMILES string of the molecule is CCNC(=NCc1ccccc1CN1CCOCC1)NCCCOC1CCOCC1.I. The second kappa shape index (κ2) is 15.8. The van der Waals surface area contributed by atoms with Crippen LogP contribution in [0.3, 0.4) is 0 Å². The highest BCUT2D eigenvalue weighted by molar-refractivity contribution is 14.0. The van der Waals surface area contributed by atoms with Crippen LogP contribution in [0.5, 0.6) is 0 Å². The van der Waals surface area contributed by atoms with Crippen LogP contribution >= 0.6 is 24.0 Å². The zero-order valence-electron chi connectivity index (χ0n) is 18.8. The fourth-order valence-electron chi connectivity index (χ4n) is 3.74. The summed E-state index contributed by atoms with van der Waals surface area (Å²) in [5.74, 6) is 0.866. The molecule has 2 heterocycles. The van der Waals surface area contributed by atoms with E-state index in [1.807, 2.05) is 0 Å². The first-order valence-electron chi connectivity index (χ1n) is 11.4. The van der Waals surface area contributed by atoms with Gasteiger partial charge < -0.3 is 24.8 Å². The van der Waals surface area contributed by atoms with Gasteiger partial charge in [0.15, 0.2) is 5.96 Å². The largest absolute Gasteiger partial charge is 0.381 e. The minimum Gasteiger partial charge on any atom is -0.381 e. The molecule has 1 aromatic carbocycles. The first-order chi connectivity index (χ1) is 14.8. The zero-order chi connectivity index (χ0) is 20.9. The van der Waals surface area contributed by atoms with Gasteiger partial charge in [0.25, 0.3) is 0 Å². The molecule has 0 aliphatic carbocycles. The number of ether oxygens (including phenoxy) is 3. The summed E-state index contributed by atoms with van der Waals surface area (Å²) in [5.41, 5.74) is 2.63. The van der Waals surface area contributed by atoms with E-state index in [9.17, 15) is 0 Å². The van der Waals surface area contributed by atoms with Gasteiger partial charge in [0.1, 0.15) is 0 Å². The Hall–Kier alpha value is -0.940. The van der Waals surface area contributed by atoms with Crippen LogP contribution in [0.1, 0.15) is 37.3 Å². The zero-order valence-corrected chi connectivity index (χ0v) is 21.1. The number of nitrogens with one attached hydrogen (secondary N) is 2. The fourth-order valence-corrected chi connectivity index (χ4v) is 3.74. The van der Waals surface area contributed by atoms with E-state index in [2.05, 4.69) is 46.7 Å². The Morgan fingerprint density at radius 2 is 1.77 bits per heavy atom. The van der Waals surface area contributed by atoms with Gasteiger partial charge in [0.2, 0.25) is 0 Å². The summed E-state index contributed by atoms with van der Waals surface area (Å²) in [7, 11) is 0. The number of hydrogen-bond donors (Lipinski definition) is 2. The lowest BCUT2D eigenvalue weighted by molar-refractivity contribution is -0.0320. The summed E-state index contributed by atoms with van der Waals surface area (Å²) in [5, 5.41) is 6.79. The van der Waals surface area contributed by atoms with Gasteiger partial charge in [-0.25, -0.2) is 4.99 Å². The normalized spacial score (nSPS) is 18.4. The maximum Gasteiger partial charge on any atom is 0.191 e. The highest BCUT2D eigenvalue weighted by Gasteiger charge is 2.14. The molecular weight excluding hydrogens is 507 g/mol. The van der Waals surface area contributed by atoms with Crippen LogP contribution in [0.15, 0.2) is 29.3 Å². The van der Waals surface area contributed by atoms with Crippen molar-refractivity contribution in [3.63, 3.8) is 0 Å². The Kier molecular flexibility index (Phi) is 13.4. The standard InChI is InChI=1S/C23H38N4O3.HI/c1-2-24-23(25-10-5-13-30-22-8-14-28-15-9-22)26-18-20-6-3-4-7-21(20)19-27-11-16-29-17-12-27;/h3-4,6-7,22H,2,5,8-19H2,1H3,(H2,24,25,26);1H. The summed E-state index contributed by atoms with van der Waals surface area (Å²) in [4.78, 5) is 7.27. The third kappa shape index (κ3) is 10.0. The van der Waals surface area contributed by atoms with Crippen molar-refractivity contribution >= 4 is 29.9 Å². The monoisotopic (exact) mass is 546 g/mol. The number of nitrogens with zero attached hydrogens (tertiary/aromatic N) is 2. The number of rotatable bonds is 10. The van der Waals surface area contributed by atoms with Gasteiger partial charge in [-0.15, -0.1) is 24.0 Å². The molecule has 0 amide bonds. The molecule has 0 spiro atoms. The highest BCUT2D eigenvalue weighted by Crippen LogP contribution is 2.14. The van der Waals surface area contributed by atoms with E-state index >= 15 is 0 Å². The van der Waals surface area contributed by atoms with Gasteiger partial charge in [-0.3, -0.25) is 4.90 Å². The lowest BCUT2D eigenvalue weighted by Gasteiger charge is -2.27. The molecule has 0 saturated carbocycles. The molecular formula is C23H39IN4O3. The van der Waals surface area contributed by atoms with Crippen molar-refractivity contribution in [1.29, 1.82) is 0 Å². The summed E-state index contributed by atoms with van der Waals surface area (Å²) >= 11 is 0. The van der Waals surface area contributed by atoms with Crippen molar-refractivity contribution in [3.05, 3.63) is 35.4 Å². The number of morpholine rings is 1. The van der Waals surface area contributed by atoms with Crippen LogP contribution in [0.4, 0.5) is 0 Å². The van der Waals surface area contributed by atoms with E-state index in [1.54, 1.807) is 0 Å². The van der Waals surface area contributed by atoms with Crippen LogP contribution in [0, 0.1) is 0 Å². The van der Waals surface area contributed by atoms with Crippen LogP contribution in [-0.4, -0.2) is 76.2 Å². The van der Waals surface area contributed by atoms with Gasteiger partial charge in [-0.2, -0.15) is 0 Å². The quantitative estimate of drug-likeness (QED) is 0.204. The third-order valence-electron chi connectivity index (χ3n) is 5.50. The first-order valence-corrected chi connectivity index (χ1v) is 11.4. The predicted molar refractivity (Wildman–Crippen MR) is 135 cm³/mol. The third-order valence-corrected chi connectivity index (χ3v) is 5.50. The van der Waals surface area contributed by atoms with Crippen molar-refractivity contribution in [2.45, 2.75) is 45.4 Å². The Balaban J connectivity index is 0.00000341. The van der Waals surface area contributed by atoms with E-state index < -0.39 is 0 Å². The molecule has 0 radical (unpaired) electrons. The summed E-state index contributed by atoms with van der Waals surface area (Å²) in [6.07, 6.45) is 3.36. The lowest BCUT2D eigenvalue weighted by atomic mass is 10.1. The van der Waals surface area contributed by atoms with Crippen LogP contribution in [0.25, 0.3) is 0 Å². The molecule has 2 N–H and O–H groups in total. The van der Waals surface area contributed by atoms with E-state index in [-0.39, 0.29) is 24.0 Å². The molecule has 7 nitrogen and oxygen atoms in total. The summed E-state index contributed by atoms with van der Waals surface area (Å²) < 4.78 is 16.8. The second-order valence-electron chi connectivity index (χ2n) is 7.82. The van der Waals surface area contributed by atoms with E-state index in [4.69, 9.17) is 19.2 Å². The van der Waals surface area contributed by atoms with Gasteiger partial charge in [0.05, 0.1) is 25.9 Å². The van der Waals surface area contributed by atoms with Gasteiger partial charge in [-0.1, -0.05) is 24.3 Å². The number of guanidine groups is 1. The molecule has 3 rings (SSSR count). The summed E-state index contributed by atoms with van der Waals surface area (Å²) in [6.45, 7) is 11.5. The maximum atomic E-state index is 5.95. The molecule has 0 bridgehead atoms. The fraction of sp³-hybridized carbons (Fsp3) is 0.696. The number of benzene rings is 1. The minimum atomic E-state index is 0.